The van der Waals surface area contributed by atoms with Crippen molar-refractivity contribution in [3.05, 3.63) is 18.0 Å². The Morgan fingerprint density at radius 3 is 3.06 bits per heavy atom. The fourth-order valence-electron chi connectivity index (χ4n) is 1.92. The van der Waals surface area contributed by atoms with Crippen LogP contribution in [0.3, 0.4) is 0 Å². The number of nitrogens with one attached hydrogen (secondary N) is 2. The molecule has 0 bridgehead atoms. The predicted molar refractivity (Wildman–Crippen MR) is 65.6 cm³/mol. The highest BCUT2D eigenvalue weighted by Crippen LogP contribution is 2.13. The van der Waals surface area contributed by atoms with Crippen molar-refractivity contribution in [3.63, 3.8) is 0 Å². The van der Waals surface area contributed by atoms with E-state index < -0.39 is 0 Å². The van der Waals surface area contributed by atoms with E-state index in [0.717, 1.165) is 24.7 Å². The van der Waals surface area contributed by atoms with Crippen molar-refractivity contribution >= 4 is 5.95 Å². The van der Waals surface area contributed by atoms with E-state index in [0.29, 0.717) is 12.0 Å². The van der Waals surface area contributed by atoms with Gasteiger partial charge in [0.25, 0.3) is 0 Å². The zero-order valence-corrected chi connectivity index (χ0v) is 10.0. The van der Waals surface area contributed by atoms with E-state index in [2.05, 4.69) is 34.4 Å². The van der Waals surface area contributed by atoms with Crippen molar-refractivity contribution in [2.75, 3.05) is 18.4 Å². The molecule has 2 N–H and O–H groups in total. The first-order valence-electron chi connectivity index (χ1n) is 6.06. The minimum Gasteiger partial charge on any atom is -0.350 e. The number of piperidine rings is 1. The normalized spacial score (nSPS) is 21.1. The van der Waals surface area contributed by atoms with Crippen molar-refractivity contribution in [2.45, 2.75) is 38.6 Å². The van der Waals surface area contributed by atoms with Gasteiger partial charge in [-0.2, -0.15) is 0 Å². The zero-order valence-electron chi connectivity index (χ0n) is 10.0. The summed E-state index contributed by atoms with van der Waals surface area (Å²) in [5, 5.41) is 6.77. The first-order chi connectivity index (χ1) is 7.75. The highest BCUT2D eigenvalue weighted by atomic mass is 15.1. The summed E-state index contributed by atoms with van der Waals surface area (Å²) in [5.74, 6) is 1.22. The molecule has 0 amide bonds. The van der Waals surface area contributed by atoms with Crippen molar-refractivity contribution in [2.24, 2.45) is 0 Å². The average Bonchev–Trinajstić information content (AvgIpc) is 2.30. The van der Waals surface area contributed by atoms with Gasteiger partial charge in [0.1, 0.15) is 0 Å². The van der Waals surface area contributed by atoms with Gasteiger partial charge >= 0.3 is 0 Å². The van der Waals surface area contributed by atoms with E-state index in [4.69, 9.17) is 0 Å². The maximum atomic E-state index is 4.52. The van der Waals surface area contributed by atoms with Gasteiger partial charge in [0.15, 0.2) is 0 Å². The van der Waals surface area contributed by atoms with Crippen LogP contribution in [-0.4, -0.2) is 29.1 Å². The third-order valence-corrected chi connectivity index (χ3v) is 2.90. The SMILES string of the molecule is CC(C)c1ccnc(N[C@@H]2CCCNC2)n1. The molecule has 1 aromatic rings. The minimum absolute atomic E-state index is 0.452. The quantitative estimate of drug-likeness (QED) is 0.815. The van der Waals surface area contributed by atoms with Crippen molar-refractivity contribution in [1.29, 1.82) is 0 Å². The Balaban J connectivity index is 2.00. The van der Waals surface area contributed by atoms with Crippen LogP contribution in [0.15, 0.2) is 12.3 Å². The van der Waals surface area contributed by atoms with Crippen LogP contribution >= 0.6 is 0 Å². The van der Waals surface area contributed by atoms with Crippen LogP contribution in [0, 0.1) is 0 Å². The lowest BCUT2D eigenvalue weighted by Crippen LogP contribution is -2.38. The fourth-order valence-corrected chi connectivity index (χ4v) is 1.92. The minimum atomic E-state index is 0.452. The summed E-state index contributed by atoms with van der Waals surface area (Å²) >= 11 is 0. The average molecular weight is 220 g/mol. The molecule has 1 saturated heterocycles. The van der Waals surface area contributed by atoms with Gasteiger partial charge in [-0.1, -0.05) is 13.8 Å². The van der Waals surface area contributed by atoms with Gasteiger partial charge in [0.05, 0.1) is 0 Å². The van der Waals surface area contributed by atoms with Gasteiger partial charge in [0.2, 0.25) is 5.95 Å². The van der Waals surface area contributed by atoms with E-state index in [9.17, 15) is 0 Å². The molecule has 1 aliphatic heterocycles. The summed E-state index contributed by atoms with van der Waals surface area (Å²) < 4.78 is 0. The third-order valence-electron chi connectivity index (χ3n) is 2.90. The largest absolute Gasteiger partial charge is 0.350 e. The molecule has 0 radical (unpaired) electrons. The second-order valence-electron chi connectivity index (χ2n) is 4.65. The standard InChI is InChI=1S/C12H20N4/c1-9(2)11-5-7-14-12(16-11)15-10-4-3-6-13-8-10/h5,7,9-10,13H,3-4,6,8H2,1-2H3,(H,14,15,16)/t10-/m1/s1. The molecule has 88 valence electrons. The monoisotopic (exact) mass is 220 g/mol. The molecule has 0 saturated carbocycles. The lowest BCUT2D eigenvalue weighted by Gasteiger charge is -2.23. The molecule has 0 spiro atoms. The summed E-state index contributed by atoms with van der Waals surface area (Å²) in [4.78, 5) is 8.78. The van der Waals surface area contributed by atoms with Crippen LogP contribution < -0.4 is 10.6 Å². The molecule has 0 aromatic carbocycles. The maximum Gasteiger partial charge on any atom is 0.223 e. The van der Waals surface area contributed by atoms with Crippen molar-refractivity contribution < 1.29 is 0 Å². The lowest BCUT2D eigenvalue weighted by atomic mass is 10.1. The van der Waals surface area contributed by atoms with Gasteiger partial charge in [0, 0.05) is 24.5 Å². The molecule has 0 aliphatic carbocycles. The summed E-state index contributed by atoms with van der Waals surface area (Å²) in [6, 6.07) is 2.45. The van der Waals surface area contributed by atoms with E-state index >= 15 is 0 Å². The summed E-state index contributed by atoms with van der Waals surface area (Å²) in [5.41, 5.74) is 1.10. The van der Waals surface area contributed by atoms with Gasteiger partial charge in [-0.3, -0.25) is 0 Å². The van der Waals surface area contributed by atoms with E-state index in [1.165, 1.54) is 12.8 Å². The Morgan fingerprint density at radius 2 is 2.38 bits per heavy atom. The first kappa shape index (κ1) is 11.3. The zero-order chi connectivity index (χ0) is 11.4. The number of rotatable bonds is 3. The Labute approximate surface area is 96.9 Å². The number of hydrogen-bond acceptors (Lipinski definition) is 4. The van der Waals surface area contributed by atoms with Crippen LogP contribution in [-0.2, 0) is 0 Å². The summed E-state index contributed by atoms with van der Waals surface area (Å²) in [6.45, 7) is 6.43. The van der Waals surface area contributed by atoms with Crippen LogP contribution in [0.2, 0.25) is 0 Å². The second-order valence-corrected chi connectivity index (χ2v) is 4.65. The van der Waals surface area contributed by atoms with Gasteiger partial charge < -0.3 is 10.6 Å². The summed E-state index contributed by atoms with van der Waals surface area (Å²) in [6.07, 6.45) is 4.25. The molecule has 16 heavy (non-hydrogen) atoms. The third kappa shape index (κ3) is 2.92. The summed E-state index contributed by atoms with van der Waals surface area (Å²) in [7, 11) is 0. The number of anilines is 1. The molecular weight excluding hydrogens is 200 g/mol. The van der Waals surface area contributed by atoms with E-state index in [1.807, 2.05) is 12.3 Å². The fraction of sp³-hybridized carbons (Fsp3) is 0.667. The Bertz CT molecular complexity index is 332. The smallest absolute Gasteiger partial charge is 0.223 e. The Morgan fingerprint density at radius 1 is 1.50 bits per heavy atom. The lowest BCUT2D eigenvalue weighted by molar-refractivity contribution is 0.477. The van der Waals surface area contributed by atoms with Crippen molar-refractivity contribution in [3.8, 4) is 0 Å². The Hall–Kier alpha value is -1.16. The van der Waals surface area contributed by atoms with Crippen LogP contribution in [0.4, 0.5) is 5.95 Å². The predicted octanol–water partition coefficient (Wildman–Crippen LogP) is 1.76. The molecule has 1 aromatic heterocycles. The number of hydrogen-bond donors (Lipinski definition) is 2. The molecule has 4 nitrogen and oxygen atoms in total. The highest BCUT2D eigenvalue weighted by molar-refractivity contribution is 5.28. The molecule has 0 unspecified atom stereocenters. The first-order valence-corrected chi connectivity index (χ1v) is 6.06. The van der Waals surface area contributed by atoms with Gasteiger partial charge in [-0.05, 0) is 31.4 Å². The Kier molecular flexibility index (Phi) is 3.72. The highest BCUT2D eigenvalue weighted by Gasteiger charge is 2.13. The molecule has 1 atom stereocenters. The molecule has 1 aliphatic rings. The van der Waals surface area contributed by atoms with E-state index in [1.54, 1.807) is 0 Å². The number of nitrogens with zero attached hydrogens (tertiary/aromatic N) is 2. The molecule has 4 heteroatoms. The molecule has 1 fully saturated rings. The number of aromatic nitrogens is 2. The molecule has 2 rings (SSSR count). The van der Waals surface area contributed by atoms with Gasteiger partial charge in [-0.25, -0.2) is 9.97 Å². The van der Waals surface area contributed by atoms with Crippen molar-refractivity contribution in [1.82, 2.24) is 15.3 Å². The second kappa shape index (κ2) is 5.25. The van der Waals surface area contributed by atoms with Crippen LogP contribution in [0.25, 0.3) is 0 Å². The molecule has 2 heterocycles. The maximum absolute atomic E-state index is 4.52. The molecular formula is C12H20N4. The van der Waals surface area contributed by atoms with E-state index in [-0.39, 0.29) is 0 Å². The topological polar surface area (TPSA) is 49.8 Å². The van der Waals surface area contributed by atoms with Crippen LogP contribution in [0.1, 0.15) is 38.3 Å². The van der Waals surface area contributed by atoms with Gasteiger partial charge in [-0.15, -0.1) is 0 Å². The van der Waals surface area contributed by atoms with Crippen LogP contribution in [0.5, 0.6) is 0 Å².